The zero-order valence-corrected chi connectivity index (χ0v) is 11.3. The summed E-state index contributed by atoms with van der Waals surface area (Å²) in [5.41, 5.74) is 1.28. The van der Waals surface area contributed by atoms with Crippen LogP contribution in [0.4, 0.5) is 9.18 Å². The molecule has 1 aromatic carbocycles. The van der Waals surface area contributed by atoms with E-state index in [0.717, 1.165) is 10.4 Å². The average molecular weight is 297 g/mol. The Hall–Kier alpha value is -1.59. The van der Waals surface area contributed by atoms with Crippen molar-refractivity contribution in [3.8, 4) is 10.4 Å². The topological polar surface area (TPSA) is 41.1 Å². The number of urea groups is 1. The first kappa shape index (κ1) is 12.4. The lowest BCUT2D eigenvalue weighted by Gasteiger charge is -2.10. The number of hydrogen-bond donors (Lipinski definition) is 2. The Morgan fingerprint density at radius 3 is 2.74 bits per heavy atom. The van der Waals surface area contributed by atoms with Gasteiger partial charge in [-0.25, -0.2) is 9.18 Å². The number of carbonyl (C=O) groups is 1. The van der Waals surface area contributed by atoms with Gasteiger partial charge in [-0.2, -0.15) is 0 Å². The van der Waals surface area contributed by atoms with Gasteiger partial charge in [0.2, 0.25) is 0 Å². The molecule has 1 unspecified atom stereocenters. The summed E-state index contributed by atoms with van der Waals surface area (Å²) in [6.07, 6.45) is 0. The minimum atomic E-state index is -0.308. The Morgan fingerprint density at radius 1 is 1.32 bits per heavy atom. The molecule has 3 rings (SSSR count). The van der Waals surface area contributed by atoms with Crippen molar-refractivity contribution in [1.82, 2.24) is 10.6 Å². The molecule has 2 N–H and O–H groups in total. The molecule has 2 amide bonds. The van der Waals surface area contributed by atoms with Crippen molar-refractivity contribution in [3.63, 3.8) is 0 Å². The van der Waals surface area contributed by atoms with Gasteiger partial charge < -0.3 is 10.6 Å². The van der Waals surface area contributed by atoms with Crippen molar-refractivity contribution in [3.05, 3.63) is 46.0 Å². The van der Waals surface area contributed by atoms with Crippen LogP contribution in [-0.4, -0.2) is 12.6 Å². The van der Waals surface area contributed by atoms with Crippen LogP contribution < -0.4 is 10.6 Å². The maximum atomic E-state index is 14.1. The van der Waals surface area contributed by atoms with Gasteiger partial charge in [0.15, 0.2) is 0 Å². The standard InChI is InChI=1S/C13H10ClFN2OS/c14-12-4-3-11(19-12)8-2-1-7(5-9(8)15)10-6-16-13(18)17-10/h1-5,10H,6H2,(H2,16,17,18). The number of nitrogens with one attached hydrogen (secondary N) is 2. The predicted molar refractivity (Wildman–Crippen MR) is 74.0 cm³/mol. The molecule has 1 atom stereocenters. The Kier molecular flexibility index (Phi) is 3.16. The number of hydrogen-bond acceptors (Lipinski definition) is 2. The van der Waals surface area contributed by atoms with E-state index in [4.69, 9.17) is 11.6 Å². The van der Waals surface area contributed by atoms with Crippen LogP contribution in [0.5, 0.6) is 0 Å². The quantitative estimate of drug-likeness (QED) is 0.874. The molecule has 0 radical (unpaired) electrons. The van der Waals surface area contributed by atoms with Crippen LogP contribution >= 0.6 is 22.9 Å². The second kappa shape index (κ2) is 4.83. The number of carbonyl (C=O) groups excluding carboxylic acids is 1. The van der Waals surface area contributed by atoms with Crippen LogP contribution in [0.2, 0.25) is 4.34 Å². The molecule has 3 nitrogen and oxygen atoms in total. The van der Waals surface area contributed by atoms with Gasteiger partial charge in [0.25, 0.3) is 0 Å². The summed E-state index contributed by atoms with van der Waals surface area (Å²) in [6, 6.07) is 8.14. The molecule has 6 heteroatoms. The molecule has 0 spiro atoms. The van der Waals surface area contributed by atoms with E-state index in [0.29, 0.717) is 16.4 Å². The average Bonchev–Trinajstić information content (AvgIpc) is 2.98. The van der Waals surface area contributed by atoms with Crippen molar-refractivity contribution < 1.29 is 9.18 Å². The lowest BCUT2D eigenvalue weighted by atomic mass is 10.0. The van der Waals surface area contributed by atoms with Crippen molar-refractivity contribution in [2.75, 3.05) is 6.54 Å². The first-order valence-electron chi connectivity index (χ1n) is 5.73. The molecule has 2 heterocycles. The van der Waals surface area contributed by atoms with Crippen molar-refractivity contribution >= 4 is 29.0 Å². The first-order chi connectivity index (χ1) is 9.13. The highest BCUT2D eigenvalue weighted by Gasteiger charge is 2.22. The van der Waals surface area contributed by atoms with E-state index in [9.17, 15) is 9.18 Å². The third-order valence-electron chi connectivity index (χ3n) is 3.01. The fourth-order valence-electron chi connectivity index (χ4n) is 2.06. The second-order valence-electron chi connectivity index (χ2n) is 4.25. The van der Waals surface area contributed by atoms with Crippen molar-refractivity contribution in [2.45, 2.75) is 6.04 Å². The highest BCUT2D eigenvalue weighted by Crippen LogP contribution is 2.33. The maximum Gasteiger partial charge on any atom is 0.315 e. The maximum absolute atomic E-state index is 14.1. The molecule has 0 saturated carbocycles. The summed E-state index contributed by atoms with van der Waals surface area (Å²) in [5.74, 6) is -0.308. The SMILES string of the molecule is O=C1NCC(c2ccc(-c3ccc(Cl)s3)c(F)c2)N1. The van der Waals surface area contributed by atoms with Gasteiger partial charge >= 0.3 is 6.03 Å². The highest BCUT2D eigenvalue weighted by molar-refractivity contribution is 7.19. The fraction of sp³-hybridized carbons (Fsp3) is 0.154. The van der Waals surface area contributed by atoms with E-state index >= 15 is 0 Å². The summed E-state index contributed by atoms with van der Waals surface area (Å²) in [7, 11) is 0. The van der Waals surface area contributed by atoms with E-state index in [2.05, 4.69) is 10.6 Å². The largest absolute Gasteiger partial charge is 0.336 e. The molecule has 1 saturated heterocycles. The molecule has 0 bridgehead atoms. The minimum absolute atomic E-state index is 0.178. The summed E-state index contributed by atoms with van der Waals surface area (Å²) in [4.78, 5) is 11.9. The second-order valence-corrected chi connectivity index (χ2v) is 5.97. The normalized spacial score (nSPS) is 18.2. The van der Waals surface area contributed by atoms with Gasteiger partial charge in [-0.1, -0.05) is 23.7 Å². The van der Waals surface area contributed by atoms with Crippen LogP contribution in [0, 0.1) is 5.82 Å². The lowest BCUT2D eigenvalue weighted by Crippen LogP contribution is -2.21. The minimum Gasteiger partial charge on any atom is -0.336 e. The van der Waals surface area contributed by atoms with E-state index in [-0.39, 0.29) is 17.9 Å². The molecule has 1 aromatic heterocycles. The Bertz CT molecular complexity index is 643. The molecule has 1 aliphatic rings. The lowest BCUT2D eigenvalue weighted by molar-refractivity contribution is 0.247. The number of thiophene rings is 1. The summed E-state index contributed by atoms with van der Waals surface area (Å²) in [6.45, 7) is 0.475. The highest BCUT2D eigenvalue weighted by atomic mass is 35.5. The van der Waals surface area contributed by atoms with Crippen molar-refractivity contribution in [1.29, 1.82) is 0 Å². The van der Waals surface area contributed by atoms with Gasteiger partial charge in [0, 0.05) is 17.0 Å². The van der Waals surface area contributed by atoms with E-state index in [1.165, 1.54) is 17.4 Å². The van der Waals surface area contributed by atoms with E-state index in [1.807, 2.05) is 6.07 Å². The van der Waals surface area contributed by atoms with Gasteiger partial charge in [-0.15, -0.1) is 11.3 Å². The molecule has 98 valence electrons. The first-order valence-corrected chi connectivity index (χ1v) is 6.92. The molecule has 0 aliphatic carbocycles. The molecular formula is C13H10ClFN2OS. The number of amides is 2. The van der Waals surface area contributed by atoms with Crippen LogP contribution in [0.1, 0.15) is 11.6 Å². The van der Waals surface area contributed by atoms with Gasteiger partial charge in [0.05, 0.1) is 10.4 Å². The summed E-state index contributed by atoms with van der Waals surface area (Å²) < 4.78 is 14.8. The molecule has 1 fully saturated rings. The van der Waals surface area contributed by atoms with Gasteiger partial charge in [0.1, 0.15) is 5.82 Å². The third kappa shape index (κ3) is 2.43. The van der Waals surface area contributed by atoms with E-state index < -0.39 is 0 Å². The monoisotopic (exact) mass is 296 g/mol. The van der Waals surface area contributed by atoms with Crippen LogP contribution in [-0.2, 0) is 0 Å². The number of halogens is 2. The zero-order valence-electron chi connectivity index (χ0n) is 9.74. The number of rotatable bonds is 2. The van der Waals surface area contributed by atoms with Gasteiger partial charge in [-0.05, 0) is 23.8 Å². The Morgan fingerprint density at radius 2 is 2.16 bits per heavy atom. The summed E-state index contributed by atoms with van der Waals surface area (Å²) in [5, 5.41) is 5.37. The zero-order chi connectivity index (χ0) is 13.4. The van der Waals surface area contributed by atoms with Gasteiger partial charge in [-0.3, -0.25) is 0 Å². The molecule has 1 aliphatic heterocycles. The molecule has 19 heavy (non-hydrogen) atoms. The Labute approximate surface area is 118 Å². The summed E-state index contributed by atoms with van der Waals surface area (Å²) >= 11 is 7.19. The molecular weight excluding hydrogens is 287 g/mol. The van der Waals surface area contributed by atoms with Crippen molar-refractivity contribution in [2.24, 2.45) is 0 Å². The smallest absolute Gasteiger partial charge is 0.315 e. The van der Waals surface area contributed by atoms with Crippen LogP contribution in [0.25, 0.3) is 10.4 Å². The van der Waals surface area contributed by atoms with E-state index in [1.54, 1.807) is 18.2 Å². The van der Waals surface area contributed by atoms with Crippen LogP contribution in [0.15, 0.2) is 30.3 Å². The predicted octanol–water partition coefficient (Wildman–Crippen LogP) is 3.56. The fourth-order valence-corrected chi connectivity index (χ4v) is 3.13. The molecule has 2 aromatic rings. The Balaban J connectivity index is 1.92. The van der Waals surface area contributed by atoms with Crippen LogP contribution in [0.3, 0.4) is 0 Å². The third-order valence-corrected chi connectivity index (χ3v) is 4.27. The number of benzene rings is 1.